The van der Waals surface area contributed by atoms with E-state index in [0.717, 1.165) is 116 Å². The van der Waals surface area contributed by atoms with Crippen LogP contribution in [0.15, 0.2) is 324 Å². The summed E-state index contributed by atoms with van der Waals surface area (Å²) < 4.78 is 15.2. The number of fused-ring (bicyclic) bond motifs is 18. The molecular formula is C96H66N2O4. The lowest BCUT2D eigenvalue weighted by Crippen LogP contribution is -2.40. The van der Waals surface area contributed by atoms with Crippen LogP contribution < -0.4 is 9.80 Å². The summed E-state index contributed by atoms with van der Waals surface area (Å²) in [6, 6.07) is 111. The molecule has 2 aromatic heterocycles. The van der Waals surface area contributed by atoms with E-state index >= 15 is 4.79 Å². The zero-order valence-electron chi connectivity index (χ0n) is 56.7. The molecule has 20 rings (SSSR count). The minimum absolute atomic E-state index is 0.182. The van der Waals surface area contributed by atoms with Crippen molar-refractivity contribution in [3.63, 3.8) is 0 Å². The fraction of sp³-hybridized carbons (Fsp3) is 0.0729. The predicted molar refractivity (Wildman–Crippen MR) is 422 cm³/mol. The van der Waals surface area contributed by atoms with Crippen LogP contribution in [0.1, 0.15) is 71.8 Å². The zero-order chi connectivity index (χ0) is 68.3. The fourth-order valence-electron chi connectivity index (χ4n) is 17.4. The Morgan fingerprint density at radius 1 is 0.343 bits per heavy atom. The molecule has 1 unspecified atom stereocenters. The average Bonchev–Trinajstić information content (AvgIpc) is 1.36. The lowest BCUT2D eigenvalue weighted by atomic mass is 9.70. The highest BCUT2D eigenvalue weighted by Crippen LogP contribution is 2.60. The lowest BCUT2D eigenvalue weighted by molar-refractivity contribution is 0.0483. The van der Waals surface area contributed by atoms with Crippen molar-refractivity contribution in [2.24, 2.45) is 0 Å². The maximum atomic E-state index is 16.8. The van der Waals surface area contributed by atoms with Gasteiger partial charge in [0.25, 0.3) is 0 Å². The number of ketones is 1. The van der Waals surface area contributed by atoms with E-state index in [-0.39, 0.29) is 11.3 Å². The Balaban J connectivity index is 0.895. The summed E-state index contributed by atoms with van der Waals surface area (Å²) in [5, 5.41) is 26.5. The summed E-state index contributed by atoms with van der Waals surface area (Å²) in [5.74, 6) is -0.275. The first-order valence-electron chi connectivity index (χ1n) is 35.3. The summed E-state index contributed by atoms with van der Waals surface area (Å²) in [4.78, 5) is 21.5. The van der Waals surface area contributed by atoms with E-state index in [2.05, 4.69) is 310 Å². The molecule has 0 fully saturated rings. The number of rotatable bonds is 10. The molecule has 1 N–H and O–H groups in total. The van der Waals surface area contributed by atoms with Gasteiger partial charge in [-0.1, -0.05) is 282 Å². The van der Waals surface area contributed by atoms with Gasteiger partial charge in [0.15, 0.2) is 11.2 Å². The SMILES string of the molecule is CC(C)c1ccc2c(c1)oc1c3c(cc(N(c4cccc5ccccc45)c4ccc(-c5cccc6ccccc56)c5ccccc45)c12)C(O)(c1ccccc1)C(=O)c1ccc2oc4c(N(c5ccc6c(c5)-c5ccccc5C6(C)C)c5cccc6c(-c7ccccc7)cccc56)cccc4c2c1-3. The van der Waals surface area contributed by atoms with E-state index in [1.807, 2.05) is 42.5 Å². The van der Waals surface area contributed by atoms with E-state index in [4.69, 9.17) is 8.83 Å². The second-order valence-electron chi connectivity index (χ2n) is 28.4. The molecule has 0 bridgehead atoms. The summed E-state index contributed by atoms with van der Waals surface area (Å²) in [7, 11) is 0. The van der Waals surface area contributed by atoms with Crippen molar-refractivity contribution in [3.8, 4) is 44.5 Å². The van der Waals surface area contributed by atoms with E-state index in [1.54, 1.807) is 0 Å². The number of hydrogen-bond donors (Lipinski definition) is 1. The maximum absolute atomic E-state index is 16.8. The molecule has 0 spiro atoms. The zero-order valence-corrected chi connectivity index (χ0v) is 56.7. The molecule has 0 radical (unpaired) electrons. The molecule has 6 heteroatoms. The number of Topliss-reactive ketones (excluding diaryl/α,β-unsaturated/α-hetero) is 1. The number of para-hydroxylation sites is 1. The minimum Gasteiger partial charge on any atom is -0.455 e. The highest BCUT2D eigenvalue weighted by Gasteiger charge is 2.50. The highest BCUT2D eigenvalue weighted by molar-refractivity contribution is 6.30. The van der Waals surface area contributed by atoms with E-state index in [1.165, 1.54) is 33.0 Å². The molecule has 2 heterocycles. The van der Waals surface area contributed by atoms with Gasteiger partial charge in [0.2, 0.25) is 5.78 Å². The molecule has 2 aliphatic carbocycles. The first-order valence-corrected chi connectivity index (χ1v) is 35.3. The summed E-state index contributed by atoms with van der Waals surface area (Å²) >= 11 is 0. The standard InChI is InChI=1S/C96H66N2O4/c1-57(2)61-46-48-74-87(54-61)102-93-88(74)85(98(81-43-20-29-60-27-12-14-33-66(60)81)83-52-49-70(69-34-15-16-36-72(69)83)67-38-19-28-59-26-11-13-32-64(59)67)56-80-91(93)90-76(94(99)96(80,100)62-30-9-6-10-31-62)50-53-86-89(90)75-41-23-45-84(92(75)101-86)97(63-47-51-79-77(55-63)71-35-17-18-42-78(71)95(79,3)4)82-44-22-39-68-65(37-21-40-73(68)82)58-24-7-5-8-25-58/h5-57,100H,1-4H3. The quantitative estimate of drug-likeness (QED) is 0.147. The molecule has 0 amide bonds. The van der Waals surface area contributed by atoms with Crippen LogP contribution in [0.3, 0.4) is 0 Å². The Hall–Kier alpha value is -12.6. The van der Waals surface area contributed by atoms with E-state index in [0.29, 0.717) is 50.1 Å². The Morgan fingerprint density at radius 2 is 0.892 bits per heavy atom. The highest BCUT2D eigenvalue weighted by atomic mass is 16.3. The topological polar surface area (TPSA) is 70.1 Å². The van der Waals surface area contributed by atoms with Gasteiger partial charge in [-0.3, -0.25) is 4.79 Å². The van der Waals surface area contributed by atoms with Crippen molar-refractivity contribution in [1.29, 1.82) is 0 Å². The molecule has 1 atom stereocenters. The Bertz CT molecular complexity index is 6560. The molecule has 18 aromatic rings. The lowest BCUT2D eigenvalue weighted by Gasteiger charge is -2.37. The first-order chi connectivity index (χ1) is 50.0. The Labute approximate surface area is 589 Å². The van der Waals surface area contributed by atoms with Crippen molar-refractivity contribution in [1.82, 2.24) is 0 Å². The number of nitrogens with zero attached hydrogens (tertiary/aromatic N) is 2. The number of carbonyl (C=O) groups is 1. The van der Waals surface area contributed by atoms with Crippen molar-refractivity contribution in [3.05, 3.63) is 349 Å². The van der Waals surface area contributed by atoms with Crippen LogP contribution in [0.4, 0.5) is 34.1 Å². The molecule has 102 heavy (non-hydrogen) atoms. The van der Waals surface area contributed by atoms with Gasteiger partial charge >= 0.3 is 0 Å². The molecule has 2 aliphatic rings. The van der Waals surface area contributed by atoms with Crippen molar-refractivity contribution in [2.45, 2.75) is 44.6 Å². The van der Waals surface area contributed by atoms with Gasteiger partial charge in [0.05, 0.1) is 33.8 Å². The number of aliphatic hydroxyl groups is 1. The van der Waals surface area contributed by atoms with Crippen LogP contribution in [-0.2, 0) is 11.0 Å². The van der Waals surface area contributed by atoms with Gasteiger partial charge in [-0.15, -0.1) is 0 Å². The molecule has 0 saturated carbocycles. The summed E-state index contributed by atoms with van der Waals surface area (Å²) in [6.07, 6.45) is 0. The molecule has 6 nitrogen and oxygen atoms in total. The minimum atomic E-state index is -2.23. The van der Waals surface area contributed by atoms with Gasteiger partial charge in [-0.05, 0) is 149 Å². The van der Waals surface area contributed by atoms with Crippen LogP contribution in [0.25, 0.3) is 131 Å². The second-order valence-corrected chi connectivity index (χ2v) is 28.4. The second kappa shape index (κ2) is 22.5. The van der Waals surface area contributed by atoms with Crippen molar-refractivity contribution < 1.29 is 18.7 Å². The number of hydrogen-bond acceptors (Lipinski definition) is 6. The normalized spacial score (nSPS) is 14.5. The molecule has 0 aliphatic heterocycles. The summed E-state index contributed by atoms with van der Waals surface area (Å²) in [5.41, 5.74) is 18.3. The number of benzene rings is 16. The van der Waals surface area contributed by atoms with E-state index < -0.39 is 11.4 Å². The number of furan rings is 2. The van der Waals surface area contributed by atoms with Crippen LogP contribution >= 0.6 is 0 Å². The average molecular weight is 1310 g/mol. The largest absolute Gasteiger partial charge is 0.455 e. The van der Waals surface area contributed by atoms with Crippen LogP contribution in [-0.4, -0.2) is 10.9 Å². The monoisotopic (exact) mass is 1310 g/mol. The Morgan fingerprint density at radius 3 is 1.69 bits per heavy atom. The van der Waals surface area contributed by atoms with Crippen LogP contribution in [0, 0.1) is 0 Å². The molecular weight excluding hydrogens is 1250 g/mol. The molecule has 16 aromatic carbocycles. The first kappa shape index (κ1) is 59.4. The van der Waals surface area contributed by atoms with Gasteiger partial charge in [-0.25, -0.2) is 0 Å². The van der Waals surface area contributed by atoms with Crippen molar-refractivity contribution in [2.75, 3.05) is 9.80 Å². The predicted octanol–water partition coefficient (Wildman–Crippen LogP) is 25.9. The number of carbonyl (C=O) groups excluding carboxylic acids is 1. The third-order valence-corrected chi connectivity index (χ3v) is 22.2. The van der Waals surface area contributed by atoms with Gasteiger partial charge < -0.3 is 23.7 Å². The summed E-state index contributed by atoms with van der Waals surface area (Å²) in [6.45, 7) is 9.05. The smallest absolute Gasteiger partial charge is 0.204 e. The maximum Gasteiger partial charge on any atom is 0.204 e. The Kier molecular flexibility index (Phi) is 13.1. The third-order valence-electron chi connectivity index (χ3n) is 22.2. The van der Waals surface area contributed by atoms with E-state index in [9.17, 15) is 5.11 Å². The van der Waals surface area contributed by atoms with Crippen LogP contribution in [0.2, 0.25) is 0 Å². The third kappa shape index (κ3) is 8.60. The molecule has 484 valence electrons. The van der Waals surface area contributed by atoms with Gasteiger partial charge in [0, 0.05) is 65.7 Å². The van der Waals surface area contributed by atoms with Gasteiger partial charge in [0.1, 0.15) is 16.7 Å². The fourth-order valence-corrected chi connectivity index (χ4v) is 17.4. The number of anilines is 6. The van der Waals surface area contributed by atoms with Crippen molar-refractivity contribution >= 4 is 127 Å². The van der Waals surface area contributed by atoms with Crippen LogP contribution in [0.5, 0.6) is 0 Å². The van der Waals surface area contributed by atoms with Gasteiger partial charge in [-0.2, -0.15) is 0 Å². The molecule has 0 saturated heterocycles.